The topological polar surface area (TPSA) is 132 Å². The quantitative estimate of drug-likeness (QED) is 0.281. The van der Waals surface area contributed by atoms with Gasteiger partial charge in [0.1, 0.15) is 5.66 Å². The smallest absolute Gasteiger partial charge is 0.303 e. The van der Waals surface area contributed by atoms with Gasteiger partial charge in [0, 0.05) is 23.6 Å². The van der Waals surface area contributed by atoms with Crippen LogP contribution < -0.4 is 16.4 Å². The maximum atomic E-state index is 12.9. The molecule has 0 spiro atoms. The number of guanidine groups is 1. The Hall–Kier alpha value is -3.13. The molecule has 8 heteroatoms. The molecule has 0 heterocycles. The fourth-order valence-corrected chi connectivity index (χ4v) is 3.14. The van der Waals surface area contributed by atoms with Crippen LogP contribution in [0.1, 0.15) is 23.2 Å². The number of hydrogen-bond donors (Lipinski definition) is 5. The van der Waals surface area contributed by atoms with E-state index in [1.165, 1.54) is 0 Å². The van der Waals surface area contributed by atoms with Gasteiger partial charge in [-0.25, -0.2) is 0 Å². The highest BCUT2D eigenvalue weighted by Gasteiger charge is 2.40. The number of nitrogens with two attached hydrogens (primary N) is 1. The van der Waals surface area contributed by atoms with Gasteiger partial charge in [-0.1, -0.05) is 24.3 Å². The highest BCUT2D eigenvalue weighted by Crippen LogP contribution is 2.31. The molecule has 1 aromatic rings. The zero-order chi connectivity index (χ0) is 20.0. The summed E-state index contributed by atoms with van der Waals surface area (Å²) >= 11 is 0. The van der Waals surface area contributed by atoms with Crippen molar-refractivity contribution in [1.82, 2.24) is 10.2 Å². The monoisotopic (exact) mass is 371 g/mol. The summed E-state index contributed by atoms with van der Waals surface area (Å²) in [6.07, 6.45) is 7.88. The lowest BCUT2D eigenvalue weighted by atomic mass is 9.83. The summed E-state index contributed by atoms with van der Waals surface area (Å²) < 4.78 is 0. The Morgan fingerprint density at radius 1 is 1.33 bits per heavy atom. The zero-order valence-electron chi connectivity index (χ0n) is 15.4. The van der Waals surface area contributed by atoms with Crippen LogP contribution in [-0.2, 0) is 4.79 Å². The van der Waals surface area contributed by atoms with E-state index in [0.717, 1.165) is 0 Å². The molecule has 27 heavy (non-hydrogen) atoms. The number of amides is 1. The van der Waals surface area contributed by atoms with Crippen LogP contribution >= 0.6 is 0 Å². The van der Waals surface area contributed by atoms with Crippen molar-refractivity contribution < 1.29 is 14.7 Å². The molecular formula is C19H25N5O3. The molecule has 0 aliphatic heterocycles. The minimum absolute atomic E-state index is 0.00627. The summed E-state index contributed by atoms with van der Waals surface area (Å²) in [5.41, 5.74) is 5.44. The Morgan fingerprint density at radius 3 is 2.70 bits per heavy atom. The largest absolute Gasteiger partial charge is 0.481 e. The van der Waals surface area contributed by atoms with Crippen LogP contribution in [-0.4, -0.2) is 47.6 Å². The van der Waals surface area contributed by atoms with Crippen molar-refractivity contribution in [2.75, 3.05) is 19.4 Å². The summed E-state index contributed by atoms with van der Waals surface area (Å²) in [5.74, 6) is -1.60. The van der Waals surface area contributed by atoms with Crippen molar-refractivity contribution in [3.63, 3.8) is 0 Å². The maximum absolute atomic E-state index is 12.9. The molecule has 1 aliphatic carbocycles. The Kier molecular flexibility index (Phi) is 6.36. The fraction of sp³-hybridized carbons (Fsp3) is 0.316. The van der Waals surface area contributed by atoms with Crippen molar-refractivity contribution in [2.45, 2.75) is 18.5 Å². The van der Waals surface area contributed by atoms with Crippen LogP contribution in [0.25, 0.3) is 0 Å². The van der Waals surface area contributed by atoms with E-state index in [1.807, 2.05) is 43.3 Å². The molecule has 6 N–H and O–H groups in total. The summed E-state index contributed by atoms with van der Waals surface area (Å²) in [6.45, 7) is 0. The molecule has 0 saturated carbocycles. The standard InChI is InChI=1S/C19H25N5O3/c1-24(2)19(11-4-3-7-14(19)9-10-16(25)26)23-17(27)13-6-5-8-15(12-13)22-18(20)21/h3-8,11-12,14H,9-10H2,1-2H3,(H,23,27)(H,25,26)(H4,20,21,22). The Labute approximate surface area is 158 Å². The van der Waals surface area contributed by atoms with Gasteiger partial charge >= 0.3 is 5.97 Å². The minimum Gasteiger partial charge on any atom is -0.481 e. The van der Waals surface area contributed by atoms with Gasteiger partial charge in [0.15, 0.2) is 5.96 Å². The number of nitrogens with zero attached hydrogens (tertiary/aromatic N) is 1. The number of carboxylic acid groups (broad SMARTS) is 1. The van der Waals surface area contributed by atoms with Crippen molar-refractivity contribution in [2.24, 2.45) is 11.7 Å². The number of likely N-dealkylation sites (N-methyl/N-ethyl adjacent to an activating group) is 1. The van der Waals surface area contributed by atoms with Gasteiger partial charge in [-0.15, -0.1) is 0 Å². The van der Waals surface area contributed by atoms with Gasteiger partial charge < -0.3 is 21.5 Å². The van der Waals surface area contributed by atoms with Crippen molar-refractivity contribution in [1.29, 1.82) is 5.41 Å². The highest BCUT2D eigenvalue weighted by atomic mass is 16.4. The number of nitrogens with one attached hydrogen (secondary N) is 3. The van der Waals surface area contributed by atoms with E-state index in [1.54, 1.807) is 24.3 Å². The summed E-state index contributed by atoms with van der Waals surface area (Å²) in [7, 11) is 3.68. The van der Waals surface area contributed by atoms with Gasteiger partial charge in [0.05, 0.1) is 0 Å². The lowest BCUT2D eigenvalue weighted by molar-refractivity contribution is -0.137. The van der Waals surface area contributed by atoms with Crippen LogP contribution in [0.2, 0.25) is 0 Å². The zero-order valence-corrected chi connectivity index (χ0v) is 15.4. The van der Waals surface area contributed by atoms with Gasteiger partial charge in [0.2, 0.25) is 0 Å². The Balaban J connectivity index is 2.27. The summed E-state index contributed by atoms with van der Waals surface area (Å²) in [5, 5.41) is 22.0. The third-order valence-corrected chi connectivity index (χ3v) is 4.50. The number of carbonyl (C=O) groups excluding carboxylic acids is 1. The van der Waals surface area contributed by atoms with E-state index >= 15 is 0 Å². The first-order chi connectivity index (χ1) is 12.7. The SMILES string of the molecule is CN(C)C1(NC(=O)c2cccc(NC(=N)N)c2)C=CC=CC1CCC(=O)O. The molecule has 8 nitrogen and oxygen atoms in total. The molecule has 2 atom stereocenters. The number of allylic oxidation sites excluding steroid dienone is 2. The molecule has 2 unspecified atom stereocenters. The first-order valence-electron chi connectivity index (χ1n) is 8.53. The summed E-state index contributed by atoms with van der Waals surface area (Å²) in [4.78, 5) is 25.8. The number of carboxylic acids is 1. The Bertz CT molecular complexity index is 787. The molecule has 144 valence electrons. The first-order valence-corrected chi connectivity index (χ1v) is 8.53. The van der Waals surface area contributed by atoms with E-state index in [9.17, 15) is 9.59 Å². The van der Waals surface area contributed by atoms with Crippen LogP contribution in [0.15, 0.2) is 48.6 Å². The lowest BCUT2D eigenvalue weighted by Gasteiger charge is -2.44. The van der Waals surface area contributed by atoms with E-state index in [0.29, 0.717) is 17.7 Å². The minimum atomic E-state index is -0.875. The maximum Gasteiger partial charge on any atom is 0.303 e. The number of carbonyl (C=O) groups is 2. The second-order valence-electron chi connectivity index (χ2n) is 6.58. The van der Waals surface area contributed by atoms with Crippen LogP contribution in [0, 0.1) is 11.3 Å². The number of rotatable bonds is 7. The summed E-state index contributed by atoms with van der Waals surface area (Å²) in [6, 6.07) is 6.67. The molecule has 0 fully saturated rings. The predicted octanol–water partition coefficient (Wildman–Crippen LogP) is 1.59. The second-order valence-corrected chi connectivity index (χ2v) is 6.58. The molecule has 1 aliphatic rings. The average molecular weight is 371 g/mol. The van der Waals surface area contributed by atoms with Gasteiger partial charge in [-0.2, -0.15) is 0 Å². The predicted molar refractivity (Wildman–Crippen MR) is 105 cm³/mol. The van der Waals surface area contributed by atoms with E-state index in [-0.39, 0.29) is 24.2 Å². The number of benzene rings is 1. The van der Waals surface area contributed by atoms with Crippen molar-refractivity contribution in [3.8, 4) is 0 Å². The lowest BCUT2D eigenvalue weighted by Crippen LogP contribution is -2.61. The van der Waals surface area contributed by atoms with Crippen LogP contribution in [0.4, 0.5) is 5.69 Å². The van der Waals surface area contributed by atoms with E-state index < -0.39 is 11.6 Å². The third kappa shape index (κ3) is 4.95. The van der Waals surface area contributed by atoms with Crippen molar-refractivity contribution >= 4 is 23.5 Å². The van der Waals surface area contributed by atoms with E-state index in [2.05, 4.69) is 10.6 Å². The molecule has 0 radical (unpaired) electrons. The molecular weight excluding hydrogens is 346 g/mol. The highest BCUT2D eigenvalue weighted by molar-refractivity contribution is 5.97. The molecule has 0 bridgehead atoms. The first kappa shape index (κ1) is 20.2. The third-order valence-electron chi connectivity index (χ3n) is 4.50. The molecule has 1 aromatic carbocycles. The number of hydrogen-bond acceptors (Lipinski definition) is 4. The van der Waals surface area contributed by atoms with Crippen LogP contribution in [0.5, 0.6) is 0 Å². The van der Waals surface area contributed by atoms with Crippen LogP contribution in [0.3, 0.4) is 0 Å². The molecule has 2 rings (SSSR count). The molecule has 0 saturated heterocycles. The second kappa shape index (κ2) is 8.50. The molecule has 1 amide bonds. The van der Waals surface area contributed by atoms with Gasteiger partial charge in [0.25, 0.3) is 5.91 Å². The normalized spacial score (nSPS) is 21.1. The number of anilines is 1. The Morgan fingerprint density at radius 2 is 2.07 bits per heavy atom. The number of aliphatic carboxylic acids is 1. The van der Waals surface area contributed by atoms with E-state index in [4.69, 9.17) is 16.2 Å². The fourth-order valence-electron chi connectivity index (χ4n) is 3.14. The van der Waals surface area contributed by atoms with Crippen molar-refractivity contribution in [3.05, 3.63) is 54.1 Å². The van der Waals surface area contributed by atoms with Gasteiger partial charge in [-0.3, -0.25) is 19.9 Å². The van der Waals surface area contributed by atoms with Gasteiger partial charge in [-0.05, 0) is 44.8 Å². The molecule has 0 aromatic heterocycles. The average Bonchev–Trinajstić information content (AvgIpc) is 2.60.